The maximum absolute atomic E-state index is 13.2. The molecule has 3 rings (SSSR count). The number of carbonyl (C=O) groups is 1. The van der Waals surface area contributed by atoms with Gasteiger partial charge < -0.3 is 10.4 Å². The molecule has 4 heteroatoms. The Labute approximate surface area is 122 Å². The number of rotatable bonds is 3. The van der Waals surface area contributed by atoms with Gasteiger partial charge in [0.2, 0.25) is 0 Å². The van der Waals surface area contributed by atoms with Crippen molar-refractivity contribution < 1.29 is 14.3 Å². The highest BCUT2D eigenvalue weighted by molar-refractivity contribution is 5.94. The van der Waals surface area contributed by atoms with Crippen LogP contribution in [0.4, 0.5) is 10.1 Å². The lowest BCUT2D eigenvalue weighted by atomic mass is 9.87. The van der Waals surface area contributed by atoms with Crippen LogP contribution in [0.5, 0.6) is 0 Å². The molecule has 21 heavy (non-hydrogen) atoms. The fourth-order valence-electron chi connectivity index (χ4n) is 2.91. The average Bonchev–Trinajstić information content (AvgIpc) is 2.49. The standard InChI is InChI=1S/C17H16FNO2/c18-12-8-9-16(14(10-12)17(20)21)19-15-7-3-5-11-4-1-2-6-13(11)15/h1-2,4,6,8-10,15,19H,3,5,7H2,(H,20,21). The Morgan fingerprint density at radius 1 is 1.24 bits per heavy atom. The summed E-state index contributed by atoms with van der Waals surface area (Å²) < 4.78 is 13.2. The molecular formula is C17H16FNO2. The third-order valence-corrected chi connectivity index (χ3v) is 3.91. The number of halogens is 1. The first-order valence-electron chi connectivity index (χ1n) is 7.02. The summed E-state index contributed by atoms with van der Waals surface area (Å²) in [6.07, 6.45) is 3.04. The van der Waals surface area contributed by atoms with Gasteiger partial charge in [-0.1, -0.05) is 24.3 Å². The van der Waals surface area contributed by atoms with E-state index in [0.29, 0.717) is 5.69 Å². The lowest BCUT2D eigenvalue weighted by Crippen LogP contribution is -2.18. The van der Waals surface area contributed by atoms with Crippen molar-refractivity contribution in [2.45, 2.75) is 25.3 Å². The van der Waals surface area contributed by atoms with Gasteiger partial charge >= 0.3 is 5.97 Å². The van der Waals surface area contributed by atoms with Gasteiger partial charge in [-0.05, 0) is 48.6 Å². The Morgan fingerprint density at radius 2 is 2.05 bits per heavy atom. The van der Waals surface area contributed by atoms with Crippen molar-refractivity contribution in [3.63, 3.8) is 0 Å². The number of carboxylic acids is 1. The Kier molecular flexibility index (Phi) is 3.60. The van der Waals surface area contributed by atoms with Gasteiger partial charge in [0.25, 0.3) is 0 Å². The van der Waals surface area contributed by atoms with E-state index in [0.717, 1.165) is 25.3 Å². The number of fused-ring (bicyclic) bond motifs is 1. The van der Waals surface area contributed by atoms with Crippen molar-refractivity contribution in [3.8, 4) is 0 Å². The SMILES string of the molecule is O=C(O)c1cc(F)ccc1NC1CCCc2ccccc21. The largest absolute Gasteiger partial charge is 0.478 e. The summed E-state index contributed by atoms with van der Waals surface area (Å²) in [6.45, 7) is 0. The third kappa shape index (κ3) is 2.75. The molecule has 2 N–H and O–H groups in total. The highest BCUT2D eigenvalue weighted by atomic mass is 19.1. The first kappa shape index (κ1) is 13.6. The van der Waals surface area contributed by atoms with Crippen molar-refractivity contribution in [3.05, 3.63) is 65.0 Å². The Hall–Kier alpha value is -2.36. The van der Waals surface area contributed by atoms with Crippen molar-refractivity contribution in [2.75, 3.05) is 5.32 Å². The molecule has 0 fully saturated rings. The fraction of sp³-hybridized carbons (Fsp3) is 0.235. The molecule has 1 aliphatic rings. The molecule has 2 aromatic carbocycles. The monoisotopic (exact) mass is 285 g/mol. The zero-order valence-corrected chi connectivity index (χ0v) is 11.5. The molecule has 0 saturated carbocycles. The Balaban J connectivity index is 1.93. The van der Waals surface area contributed by atoms with Crippen LogP contribution in [0, 0.1) is 5.82 Å². The molecule has 0 radical (unpaired) electrons. The maximum Gasteiger partial charge on any atom is 0.337 e. The van der Waals surface area contributed by atoms with E-state index in [1.807, 2.05) is 12.1 Å². The summed E-state index contributed by atoms with van der Waals surface area (Å²) in [6, 6.07) is 12.1. The zero-order valence-electron chi connectivity index (χ0n) is 11.5. The molecule has 108 valence electrons. The van der Waals surface area contributed by atoms with E-state index in [9.17, 15) is 14.3 Å². The van der Waals surface area contributed by atoms with Crippen LogP contribution in [0.15, 0.2) is 42.5 Å². The number of nitrogens with one attached hydrogen (secondary N) is 1. The normalized spacial score (nSPS) is 17.1. The van der Waals surface area contributed by atoms with Crippen molar-refractivity contribution in [1.29, 1.82) is 0 Å². The number of hydrogen-bond acceptors (Lipinski definition) is 2. The van der Waals surface area contributed by atoms with E-state index in [-0.39, 0.29) is 11.6 Å². The maximum atomic E-state index is 13.2. The van der Waals surface area contributed by atoms with Gasteiger partial charge in [0, 0.05) is 5.69 Å². The molecule has 0 aromatic heterocycles. The van der Waals surface area contributed by atoms with Gasteiger partial charge in [-0.2, -0.15) is 0 Å². The molecule has 3 nitrogen and oxygen atoms in total. The second kappa shape index (κ2) is 5.56. The molecule has 2 aromatic rings. The molecule has 0 amide bonds. The molecule has 1 unspecified atom stereocenters. The van der Waals surface area contributed by atoms with E-state index >= 15 is 0 Å². The number of benzene rings is 2. The summed E-state index contributed by atoms with van der Waals surface area (Å²) in [5, 5.41) is 12.5. The van der Waals surface area contributed by atoms with Gasteiger partial charge in [0.05, 0.1) is 11.6 Å². The first-order valence-corrected chi connectivity index (χ1v) is 7.02. The highest BCUT2D eigenvalue weighted by Gasteiger charge is 2.21. The predicted molar refractivity (Wildman–Crippen MR) is 79.1 cm³/mol. The van der Waals surface area contributed by atoms with Crippen molar-refractivity contribution in [1.82, 2.24) is 0 Å². The topological polar surface area (TPSA) is 49.3 Å². The number of hydrogen-bond donors (Lipinski definition) is 2. The molecule has 0 aliphatic heterocycles. The summed E-state index contributed by atoms with van der Waals surface area (Å²) in [7, 11) is 0. The van der Waals surface area contributed by atoms with Crippen LogP contribution < -0.4 is 5.32 Å². The molecule has 1 aliphatic carbocycles. The number of aryl methyl sites for hydroxylation is 1. The first-order chi connectivity index (χ1) is 10.1. The lowest BCUT2D eigenvalue weighted by molar-refractivity contribution is 0.0697. The third-order valence-electron chi connectivity index (χ3n) is 3.91. The van der Waals surface area contributed by atoms with E-state index in [2.05, 4.69) is 17.4 Å². The molecule has 0 saturated heterocycles. The second-order valence-electron chi connectivity index (χ2n) is 5.28. The summed E-state index contributed by atoms with van der Waals surface area (Å²) in [5.74, 6) is -1.66. The molecule has 0 spiro atoms. The molecule has 1 atom stereocenters. The minimum Gasteiger partial charge on any atom is -0.478 e. The highest BCUT2D eigenvalue weighted by Crippen LogP contribution is 2.33. The predicted octanol–water partition coefficient (Wildman–Crippen LogP) is 4.01. The minimum atomic E-state index is -1.12. The van der Waals surface area contributed by atoms with Crippen LogP contribution in [0.2, 0.25) is 0 Å². The minimum absolute atomic E-state index is 0.0296. The summed E-state index contributed by atoms with van der Waals surface area (Å²) >= 11 is 0. The quantitative estimate of drug-likeness (QED) is 0.895. The molecule has 0 heterocycles. The zero-order chi connectivity index (χ0) is 14.8. The second-order valence-corrected chi connectivity index (χ2v) is 5.28. The van der Waals surface area contributed by atoms with Gasteiger partial charge in [0.1, 0.15) is 5.82 Å². The van der Waals surface area contributed by atoms with E-state index < -0.39 is 11.8 Å². The van der Waals surface area contributed by atoms with Crippen LogP contribution in [0.1, 0.15) is 40.4 Å². The van der Waals surface area contributed by atoms with E-state index in [4.69, 9.17) is 0 Å². The van der Waals surface area contributed by atoms with Gasteiger partial charge in [-0.25, -0.2) is 9.18 Å². The lowest BCUT2D eigenvalue weighted by Gasteiger charge is -2.27. The van der Waals surface area contributed by atoms with Crippen molar-refractivity contribution >= 4 is 11.7 Å². The number of aromatic carboxylic acids is 1. The van der Waals surface area contributed by atoms with Gasteiger partial charge in [-0.3, -0.25) is 0 Å². The van der Waals surface area contributed by atoms with Crippen molar-refractivity contribution in [2.24, 2.45) is 0 Å². The Morgan fingerprint density at radius 3 is 2.86 bits per heavy atom. The van der Waals surface area contributed by atoms with Gasteiger partial charge in [0.15, 0.2) is 0 Å². The summed E-state index contributed by atoms with van der Waals surface area (Å²) in [4.78, 5) is 11.3. The van der Waals surface area contributed by atoms with Crippen LogP contribution in [0.25, 0.3) is 0 Å². The van der Waals surface area contributed by atoms with Crippen LogP contribution in [-0.4, -0.2) is 11.1 Å². The van der Waals surface area contributed by atoms with Crippen LogP contribution in [-0.2, 0) is 6.42 Å². The fourth-order valence-corrected chi connectivity index (χ4v) is 2.91. The van der Waals surface area contributed by atoms with E-state index in [1.165, 1.54) is 23.3 Å². The van der Waals surface area contributed by atoms with Gasteiger partial charge in [-0.15, -0.1) is 0 Å². The van der Waals surface area contributed by atoms with E-state index in [1.54, 1.807) is 0 Å². The van der Waals surface area contributed by atoms with Crippen LogP contribution in [0.3, 0.4) is 0 Å². The number of carboxylic acid groups (broad SMARTS) is 1. The van der Waals surface area contributed by atoms with Crippen LogP contribution >= 0.6 is 0 Å². The molecule has 0 bridgehead atoms. The summed E-state index contributed by atoms with van der Waals surface area (Å²) in [5.41, 5.74) is 2.92. The average molecular weight is 285 g/mol. The number of anilines is 1. The smallest absolute Gasteiger partial charge is 0.337 e. The molecular weight excluding hydrogens is 269 g/mol. The Bertz CT molecular complexity index is 684.